The number of hydrogen-bond donors (Lipinski definition) is 0. The summed E-state index contributed by atoms with van der Waals surface area (Å²) in [6.07, 6.45) is 0. The molecule has 0 N–H and O–H groups in total. The van der Waals surface area contributed by atoms with Crippen molar-refractivity contribution in [2.75, 3.05) is 31.3 Å². The molecule has 2 aromatic rings. The highest BCUT2D eigenvalue weighted by Crippen LogP contribution is 2.27. The Kier molecular flexibility index (Phi) is 8.14. The first-order valence-electron chi connectivity index (χ1n) is 9.04. The van der Waals surface area contributed by atoms with Crippen LogP contribution in [0.5, 0.6) is 0 Å². The molecule has 2 rings (SSSR count). The molecular weight excluding hydrogens is 330 g/mol. The fourth-order valence-electron chi connectivity index (χ4n) is 2.87. The molecule has 0 heterocycles. The summed E-state index contributed by atoms with van der Waals surface area (Å²) in [5.41, 5.74) is 2.31. The van der Waals surface area contributed by atoms with Crippen LogP contribution >= 0.6 is 0 Å². The third kappa shape index (κ3) is 5.68. The van der Waals surface area contributed by atoms with Gasteiger partial charge in [-0.3, -0.25) is 0 Å². The van der Waals surface area contributed by atoms with Gasteiger partial charge in [-0.05, 0) is 45.0 Å². The number of para-hydroxylation sites is 2. The van der Waals surface area contributed by atoms with E-state index in [9.17, 15) is 0 Å². The molecule has 0 unspecified atom stereocenters. The molecule has 2 aromatic carbocycles. The van der Waals surface area contributed by atoms with Crippen LogP contribution in [-0.4, -0.2) is 35.2 Å². The lowest BCUT2D eigenvalue weighted by atomic mass is 10.2. The van der Waals surface area contributed by atoms with E-state index in [0.717, 1.165) is 24.0 Å². The maximum atomic E-state index is 6.00. The first-order valence-corrected chi connectivity index (χ1v) is 11.0. The summed E-state index contributed by atoms with van der Waals surface area (Å²) < 4.78 is 18.0. The summed E-state index contributed by atoms with van der Waals surface area (Å²) in [7, 11) is -2.67. The van der Waals surface area contributed by atoms with E-state index < -0.39 is 8.80 Å². The van der Waals surface area contributed by atoms with E-state index in [2.05, 4.69) is 53.4 Å². The summed E-state index contributed by atoms with van der Waals surface area (Å²) >= 11 is 0. The summed E-state index contributed by atoms with van der Waals surface area (Å²) in [5, 5.41) is 0. The Morgan fingerprint density at radius 1 is 0.680 bits per heavy atom. The van der Waals surface area contributed by atoms with Crippen molar-refractivity contribution in [2.24, 2.45) is 0 Å². The summed E-state index contributed by atoms with van der Waals surface area (Å²) in [5.74, 6) is 0. The van der Waals surface area contributed by atoms with Gasteiger partial charge >= 0.3 is 8.80 Å². The molecule has 0 aliphatic carbocycles. The Morgan fingerprint density at radius 3 is 1.44 bits per heavy atom. The molecule has 0 saturated heterocycles. The third-order valence-corrected chi connectivity index (χ3v) is 6.89. The Morgan fingerprint density at radius 2 is 1.08 bits per heavy atom. The van der Waals surface area contributed by atoms with Gasteiger partial charge in [-0.1, -0.05) is 36.4 Å². The zero-order chi connectivity index (χ0) is 18.0. The van der Waals surface area contributed by atoms with Crippen molar-refractivity contribution < 1.29 is 13.3 Å². The molecule has 0 aromatic heterocycles. The maximum absolute atomic E-state index is 6.00. The molecule has 0 radical (unpaired) electrons. The van der Waals surface area contributed by atoms with Crippen LogP contribution in [-0.2, 0) is 13.3 Å². The van der Waals surface area contributed by atoms with Gasteiger partial charge in [-0.25, -0.2) is 0 Å². The zero-order valence-corrected chi connectivity index (χ0v) is 16.5. The van der Waals surface area contributed by atoms with Gasteiger partial charge in [0.05, 0.1) is 0 Å². The average molecular weight is 360 g/mol. The van der Waals surface area contributed by atoms with Gasteiger partial charge in [0, 0.05) is 43.8 Å². The molecule has 0 spiro atoms. The van der Waals surface area contributed by atoms with E-state index in [1.807, 2.05) is 32.9 Å². The number of anilines is 2. The normalized spacial score (nSPS) is 11.5. The first kappa shape index (κ1) is 19.7. The lowest BCUT2D eigenvalue weighted by molar-refractivity contribution is 0.0719. The van der Waals surface area contributed by atoms with E-state index in [0.29, 0.717) is 19.8 Å². The first-order chi connectivity index (χ1) is 12.2. The topological polar surface area (TPSA) is 30.9 Å². The lowest BCUT2D eigenvalue weighted by Crippen LogP contribution is -2.48. The quantitative estimate of drug-likeness (QED) is 0.535. The monoisotopic (exact) mass is 359 g/mol. The minimum atomic E-state index is -2.67. The van der Waals surface area contributed by atoms with E-state index in [1.165, 1.54) is 0 Å². The molecule has 0 fully saturated rings. The van der Waals surface area contributed by atoms with Crippen LogP contribution in [0.2, 0.25) is 6.04 Å². The second-order valence-corrected chi connectivity index (χ2v) is 8.29. The maximum Gasteiger partial charge on any atom is 0.502 e. The number of hydrogen-bond acceptors (Lipinski definition) is 4. The summed E-state index contributed by atoms with van der Waals surface area (Å²) in [6.45, 7) is 8.55. The highest BCUT2D eigenvalue weighted by molar-refractivity contribution is 6.60. The van der Waals surface area contributed by atoms with Crippen molar-refractivity contribution in [1.29, 1.82) is 0 Å². The van der Waals surface area contributed by atoms with Gasteiger partial charge in [0.2, 0.25) is 0 Å². The molecule has 0 atom stereocenters. The number of benzene rings is 2. The molecule has 0 aliphatic heterocycles. The Labute approximate surface area is 152 Å². The molecule has 0 amide bonds. The van der Waals surface area contributed by atoms with Crippen molar-refractivity contribution in [2.45, 2.75) is 26.8 Å². The third-order valence-electron chi connectivity index (χ3n) is 3.87. The largest absolute Gasteiger partial charge is 0.502 e. The Bertz CT molecular complexity index is 538. The molecule has 5 heteroatoms. The van der Waals surface area contributed by atoms with Crippen molar-refractivity contribution in [3.63, 3.8) is 0 Å². The second-order valence-electron chi connectivity index (χ2n) is 5.55. The molecule has 0 bridgehead atoms. The van der Waals surface area contributed by atoms with Gasteiger partial charge in [0.1, 0.15) is 0 Å². The minimum absolute atomic E-state index is 0.600. The predicted molar refractivity (Wildman–Crippen MR) is 105 cm³/mol. The van der Waals surface area contributed by atoms with Crippen LogP contribution in [0, 0.1) is 0 Å². The SMILES string of the molecule is CCO[Si](CCN(c1ccccc1)c1ccccc1)(OCC)OCC. The fraction of sp³-hybridized carbons (Fsp3) is 0.400. The predicted octanol–water partition coefficient (Wildman–Crippen LogP) is 4.87. The smallest absolute Gasteiger partial charge is 0.374 e. The van der Waals surface area contributed by atoms with Crippen LogP contribution < -0.4 is 4.90 Å². The highest BCUT2D eigenvalue weighted by atomic mass is 28.4. The Hall–Kier alpha value is -1.66. The van der Waals surface area contributed by atoms with Crippen LogP contribution in [0.25, 0.3) is 0 Å². The lowest BCUT2D eigenvalue weighted by Gasteiger charge is -2.32. The average Bonchev–Trinajstić information content (AvgIpc) is 2.64. The number of rotatable bonds is 11. The van der Waals surface area contributed by atoms with Crippen LogP contribution in [0.15, 0.2) is 60.7 Å². The van der Waals surface area contributed by atoms with Gasteiger partial charge in [-0.15, -0.1) is 0 Å². The minimum Gasteiger partial charge on any atom is -0.374 e. The standard InChI is InChI=1S/C20H29NO3Si/c1-4-22-25(23-5-2,24-6-3)18-17-21(19-13-9-7-10-14-19)20-15-11-8-12-16-20/h7-16H,4-6,17-18H2,1-3H3. The molecule has 136 valence electrons. The second kappa shape index (κ2) is 10.4. The van der Waals surface area contributed by atoms with Crippen LogP contribution in [0.4, 0.5) is 11.4 Å². The van der Waals surface area contributed by atoms with Crippen LogP contribution in [0.3, 0.4) is 0 Å². The molecule has 0 aliphatic rings. The van der Waals surface area contributed by atoms with E-state index in [4.69, 9.17) is 13.3 Å². The Balaban J connectivity index is 2.23. The van der Waals surface area contributed by atoms with E-state index >= 15 is 0 Å². The van der Waals surface area contributed by atoms with Gasteiger partial charge in [-0.2, -0.15) is 0 Å². The van der Waals surface area contributed by atoms with Crippen LogP contribution in [0.1, 0.15) is 20.8 Å². The van der Waals surface area contributed by atoms with Gasteiger partial charge in [0.25, 0.3) is 0 Å². The number of nitrogens with zero attached hydrogens (tertiary/aromatic N) is 1. The van der Waals surface area contributed by atoms with E-state index in [-0.39, 0.29) is 0 Å². The van der Waals surface area contributed by atoms with Crippen molar-refractivity contribution >= 4 is 20.2 Å². The summed E-state index contributed by atoms with van der Waals surface area (Å²) in [4.78, 5) is 2.29. The molecule has 0 saturated carbocycles. The van der Waals surface area contributed by atoms with E-state index in [1.54, 1.807) is 0 Å². The highest BCUT2D eigenvalue weighted by Gasteiger charge is 2.40. The molecule has 25 heavy (non-hydrogen) atoms. The summed E-state index contributed by atoms with van der Waals surface area (Å²) in [6, 6.07) is 21.5. The molecule has 4 nitrogen and oxygen atoms in total. The van der Waals surface area contributed by atoms with Crippen molar-refractivity contribution in [3.05, 3.63) is 60.7 Å². The van der Waals surface area contributed by atoms with Crippen molar-refractivity contribution in [3.8, 4) is 0 Å². The fourth-order valence-corrected chi connectivity index (χ4v) is 5.37. The molecular formula is C20H29NO3Si. The van der Waals surface area contributed by atoms with Crippen molar-refractivity contribution in [1.82, 2.24) is 0 Å². The van der Waals surface area contributed by atoms with Gasteiger partial charge < -0.3 is 18.2 Å². The van der Waals surface area contributed by atoms with Gasteiger partial charge in [0.15, 0.2) is 0 Å². The zero-order valence-electron chi connectivity index (χ0n) is 15.5.